The summed E-state index contributed by atoms with van der Waals surface area (Å²) in [6, 6.07) is 20.4. The molecule has 0 aliphatic carbocycles. The lowest BCUT2D eigenvalue weighted by Crippen LogP contribution is -2.33. The van der Waals surface area contributed by atoms with E-state index < -0.39 is 17.8 Å². The molecule has 0 saturated carbocycles. The number of methoxy groups -OCH3 is 1. The number of ether oxygens (including phenoxy) is 2. The second-order valence-corrected chi connectivity index (χ2v) is 8.53. The summed E-state index contributed by atoms with van der Waals surface area (Å²) in [6.07, 6.45) is 0. The van der Waals surface area contributed by atoms with Crippen molar-refractivity contribution < 1.29 is 28.7 Å². The van der Waals surface area contributed by atoms with Crippen LogP contribution in [0.2, 0.25) is 0 Å². The number of esters is 1. The second-order valence-electron chi connectivity index (χ2n) is 7.51. The van der Waals surface area contributed by atoms with E-state index >= 15 is 0 Å². The summed E-state index contributed by atoms with van der Waals surface area (Å²) in [5, 5.41) is 2.79. The SMILES string of the molecule is COc1cccc(NC(=O)CSc2ccccc2C(=O)OCCN2C(=O)c3ccccc3C2=O)c1. The molecule has 3 amide bonds. The van der Waals surface area contributed by atoms with Crippen molar-refractivity contribution in [2.45, 2.75) is 4.90 Å². The molecule has 0 spiro atoms. The third-order valence-corrected chi connectivity index (χ3v) is 6.32. The molecule has 8 nitrogen and oxygen atoms in total. The molecule has 1 aliphatic heterocycles. The zero-order valence-electron chi connectivity index (χ0n) is 18.9. The van der Waals surface area contributed by atoms with Crippen LogP contribution in [0.15, 0.2) is 77.7 Å². The van der Waals surface area contributed by atoms with Crippen LogP contribution in [-0.2, 0) is 9.53 Å². The second kappa shape index (κ2) is 10.9. The molecule has 0 saturated heterocycles. The van der Waals surface area contributed by atoms with Gasteiger partial charge in [0.1, 0.15) is 12.4 Å². The minimum atomic E-state index is -0.599. The first-order chi connectivity index (χ1) is 17.0. The Morgan fingerprint density at radius 3 is 2.31 bits per heavy atom. The van der Waals surface area contributed by atoms with E-state index in [0.717, 1.165) is 4.90 Å². The summed E-state index contributed by atoms with van der Waals surface area (Å²) in [7, 11) is 1.55. The van der Waals surface area contributed by atoms with Gasteiger partial charge in [-0.05, 0) is 36.4 Å². The summed E-state index contributed by atoms with van der Waals surface area (Å²) < 4.78 is 10.5. The topological polar surface area (TPSA) is 102 Å². The molecule has 3 aromatic carbocycles. The van der Waals surface area contributed by atoms with Gasteiger partial charge in [0.25, 0.3) is 11.8 Å². The molecular weight excluding hydrogens is 468 g/mol. The van der Waals surface area contributed by atoms with Crippen molar-refractivity contribution in [1.82, 2.24) is 4.90 Å². The molecule has 0 unspecified atom stereocenters. The minimum Gasteiger partial charge on any atom is -0.497 e. The zero-order chi connectivity index (χ0) is 24.8. The Bertz CT molecular complexity index is 1260. The lowest BCUT2D eigenvalue weighted by Gasteiger charge is -2.14. The van der Waals surface area contributed by atoms with Gasteiger partial charge >= 0.3 is 5.97 Å². The number of hydrogen-bond acceptors (Lipinski definition) is 7. The number of carbonyl (C=O) groups excluding carboxylic acids is 4. The van der Waals surface area contributed by atoms with E-state index in [0.29, 0.717) is 33.0 Å². The Kier molecular flexibility index (Phi) is 7.47. The first-order valence-corrected chi connectivity index (χ1v) is 11.7. The quantitative estimate of drug-likeness (QED) is 0.276. The van der Waals surface area contributed by atoms with Crippen molar-refractivity contribution in [2.75, 3.05) is 31.3 Å². The van der Waals surface area contributed by atoms with Crippen molar-refractivity contribution in [1.29, 1.82) is 0 Å². The van der Waals surface area contributed by atoms with E-state index in [-0.39, 0.29) is 24.8 Å². The highest BCUT2D eigenvalue weighted by molar-refractivity contribution is 8.00. The van der Waals surface area contributed by atoms with Crippen LogP contribution in [0.1, 0.15) is 31.1 Å². The van der Waals surface area contributed by atoms with Crippen LogP contribution in [0, 0.1) is 0 Å². The number of imide groups is 1. The highest BCUT2D eigenvalue weighted by Gasteiger charge is 2.34. The van der Waals surface area contributed by atoms with E-state index in [4.69, 9.17) is 9.47 Å². The summed E-state index contributed by atoms with van der Waals surface area (Å²) in [6.45, 7) is -0.185. The molecule has 3 aromatic rings. The lowest BCUT2D eigenvalue weighted by atomic mass is 10.1. The Morgan fingerprint density at radius 1 is 0.914 bits per heavy atom. The molecule has 35 heavy (non-hydrogen) atoms. The van der Waals surface area contributed by atoms with Gasteiger partial charge < -0.3 is 14.8 Å². The Morgan fingerprint density at radius 2 is 1.60 bits per heavy atom. The third-order valence-electron chi connectivity index (χ3n) is 5.25. The fourth-order valence-electron chi connectivity index (χ4n) is 3.55. The van der Waals surface area contributed by atoms with E-state index in [1.807, 2.05) is 0 Å². The van der Waals surface area contributed by atoms with Crippen molar-refractivity contribution >= 4 is 41.1 Å². The number of carbonyl (C=O) groups is 4. The van der Waals surface area contributed by atoms with Crippen LogP contribution >= 0.6 is 11.8 Å². The van der Waals surface area contributed by atoms with Crippen molar-refractivity contribution in [3.05, 3.63) is 89.5 Å². The number of nitrogens with zero attached hydrogens (tertiary/aromatic N) is 1. The van der Waals surface area contributed by atoms with Crippen molar-refractivity contribution in [3.8, 4) is 5.75 Å². The largest absolute Gasteiger partial charge is 0.497 e. The molecule has 0 atom stereocenters. The van der Waals surface area contributed by atoms with Crippen LogP contribution in [0.3, 0.4) is 0 Å². The first kappa shape index (κ1) is 24.0. The highest BCUT2D eigenvalue weighted by atomic mass is 32.2. The Hall–Kier alpha value is -4.11. The number of hydrogen-bond donors (Lipinski definition) is 1. The maximum atomic E-state index is 12.7. The number of thioether (sulfide) groups is 1. The summed E-state index contributed by atoms with van der Waals surface area (Å²) in [5.41, 5.74) is 1.60. The molecule has 0 fully saturated rings. The average molecular weight is 491 g/mol. The number of rotatable bonds is 9. The van der Waals surface area contributed by atoms with E-state index in [1.54, 1.807) is 79.9 Å². The van der Waals surface area contributed by atoms with Gasteiger partial charge in [0.2, 0.25) is 5.91 Å². The zero-order valence-corrected chi connectivity index (χ0v) is 19.7. The fourth-order valence-corrected chi connectivity index (χ4v) is 4.39. The summed E-state index contributed by atoms with van der Waals surface area (Å²) in [4.78, 5) is 51.6. The standard InChI is InChI=1S/C26H22N2O6S/c1-33-18-8-6-7-17(15-18)27-23(29)16-35-22-12-5-4-11-21(22)26(32)34-14-13-28-24(30)19-9-2-3-10-20(19)25(28)31/h2-12,15H,13-14,16H2,1H3,(H,27,29). The van der Waals surface area contributed by atoms with Gasteiger partial charge in [-0.15, -0.1) is 11.8 Å². The van der Waals surface area contributed by atoms with Gasteiger partial charge in [-0.3, -0.25) is 19.3 Å². The number of fused-ring (bicyclic) bond motifs is 1. The predicted octanol–water partition coefficient (Wildman–Crippen LogP) is 3.88. The number of anilines is 1. The number of nitrogens with one attached hydrogen (secondary N) is 1. The molecule has 9 heteroatoms. The monoisotopic (exact) mass is 490 g/mol. The summed E-state index contributed by atoms with van der Waals surface area (Å²) in [5.74, 6) is -0.935. The van der Waals surface area contributed by atoms with Gasteiger partial charge in [0.15, 0.2) is 0 Å². The van der Waals surface area contributed by atoms with Gasteiger partial charge in [-0.25, -0.2) is 4.79 Å². The minimum absolute atomic E-state index is 0.0453. The van der Waals surface area contributed by atoms with Crippen LogP contribution in [0.5, 0.6) is 5.75 Å². The normalized spacial score (nSPS) is 12.3. The van der Waals surface area contributed by atoms with Gasteiger partial charge in [0.05, 0.1) is 36.1 Å². The van der Waals surface area contributed by atoms with E-state index in [2.05, 4.69) is 5.32 Å². The van der Waals surface area contributed by atoms with Gasteiger partial charge in [-0.2, -0.15) is 0 Å². The molecule has 1 aliphatic rings. The van der Waals surface area contributed by atoms with E-state index in [9.17, 15) is 19.2 Å². The van der Waals surface area contributed by atoms with Crippen molar-refractivity contribution in [2.24, 2.45) is 0 Å². The molecule has 178 valence electrons. The highest BCUT2D eigenvalue weighted by Crippen LogP contribution is 2.25. The molecule has 0 radical (unpaired) electrons. The molecule has 4 rings (SSSR count). The Labute approximate surface area is 206 Å². The van der Waals surface area contributed by atoms with E-state index in [1.165, 1.54) is 11.8 Å². The molecule has 0 bridgehead atoms. The van der Waals surface area contributed by atoms with Crippen LogP contribution in [-0.4, -0.2) is 54.6 Å². The average Bonchev–Trinajstić information content (AvgIpc) is 3.12. The van der Waals surface area contributed by atoms with Crippen LogP contribution in [0.25, 0.3) is 0 Å². The smallest absolute Gasteiger partial charge is 0.339 e. The predicted molar refractivity (Wildman–Crippen MR) is 131 cm³/mol. The Balaban J connectivity index is 1.31. The number of amides is 3. The summed E-state index contributed by atoms with van der Waals surface area (Å²) >= 11 is 1.20. The lowest BCUT2D eigenvalue weighted by molar-refractivity contribution is -0.113. The van der Waals surface area contributed by atoms with Crippen LogP contribution < -0.4 is 10.1 Å². The molecule has 1 heterocycles. The first-order valence-electron chi connectivity index (χ1n) is 10.8. The van der Waals surface area contributed by atoms with Gasteiger partial charge in [0, 0.05) is 16.6 Å². The molecular formula is C26H22N2O6S. The van der Waals surface area contributed by atoms with Crippen molar-refractivity contribution in [3.63, 3.8) is 0 Å². The molecule has 1 N–H and O–H groups in total. The fraction of sp³-hybridized carbons (Fsp3) is 0.154. The third kappa shape index (κ3) is 5.52. The molecule has 0 aromatic heterocycles. The maximum Gasteiger partial charge on any atom is 0.339 e. The maximum absolute atomic E-state index is 12.7. The van der Waals surface area contributed by atoms with Crippen LogP contribution in [0.4, 0.5) is 5.69 Å². The van der Waals surface area contributed by atoms with Gasteiger partial charge in [-0.1, -0.05) is 30.3 Å². The number of benzene rings is 3.